The van der Waals surface area contributed by atoms with Crippen LogP contribution in [0.1, 0.15) is 30.9 Å². The van der Waals surface area contributed by atoms with Gasteiger partial charge in [0.05, 0.1) is 0 Å². The third kappa shape index (κ3) is 3.16. The smallest absolute Gasteiger partial charge is 0.319 e. The Morgan fingerprint density at radius 3 is 2.94 bits per heavy atom. The monoisotopic (exact) mass is 266 g/mol. The van der Waals surface area contributed by atoms with Crippen molar-refractivity contribution in [2.75, 3.05) is 11.2 Å². The van der Waals surface area contributed by atoms with Crippen molar-refractivity contribution >= 4 is 23.3 Å². The van der Waals surface area contributed by atoms with Gasteiger partial charge in [0.2, 0.25) is 0 Å². The number of fused-ring (bicyclic) bond motifs is 1. The molecule has 2 rings (SSSR count). The number of halogens is 1. The molecule has 0 radical (unpaired) electrons. The highest BCUT2D eigenvalue weighted by atomic mass is 35.5. The Morgan fingerprint density at radius 1 is 1.39 bits per heavy atom. The normalized spacial score (nSPS) is 15.7. The van der Waals surface area contributed by atoms with Gasteiger partial charge in [0.15, 0.2) is 0 Å². The van der Waals surface area contributed by atoms with Gasteiger partial charge in [-0.1, -0.05) is 12.1 Å². The minimum absolute atomic E-state index is 0.0220. The topological polar surface area (TPSA) is 41.1 Å². The summed E-state index contributed by atoms with van der Waals surface area (Å²) < 4.78 is 0. The van der Waals surface area contributed by atoms with Crippen molar-refractivity contribution in [2.24, 2.45) is 0 Å². The molecule has 0 aliphatic heterocycles. The number of alkyl halides is 1. The number of hydrogen-bond acceptors (Lipinski definition) is 1. The summed E-state index contributed by atoms with van der Waals surface area (Å²) in [4.78, 5) is 11.8. The lowest BCUT2D eigenvalue weighted by atomic mass is 9.90. The van der Waals surface area contributed by atoms with Crippen LogP contribution in [-0.2, 0) is 12.8 Å². The fraction of sp³-hybridized carbons (Fsp3) is 0.500. The molecule has 2 amide bonds. The van der Waals surface area contributed by atoms with Crippen LogP contribution < -0.4 is 10.6 Å². The lowest BCUT2D eigenvalue weighted by molar-refractivity contribution is 0.250. The minimum atomic E-state index is -0.179. The lowest BCUT2D eigenvalue weighted by Crippen LogP contribution is -2.37. The Labute approximate surface area is 113 Å². The summed E-state index contributed by atoms with van der Waals surface area (Å²) in [5, 5.41) is 5.73. The highest BCUT2D eigenvalue weighted by molar-refractivity contribution is 6.18. The second kappa shape index (κ2) is 6.10. The molecule has 0 fully saturated rings. The Balaban J connectivity index is 2.07. The van der Waals surface area contributed by atoms with E-state index >= 15 is 0 Å². The van der Waals surface area contributed by atoms with E-state index in [0.29, 0.717) is 5.88 Å². The Hall–Kier alpha value is -1.22. The van der Waals surface area contributed by atoms with Gasteiger partial charge in [-0.25, -0.2) is 4.79 Å². The second-order valence-corrected chi connectivity index (χ2v) is 5.11. The average molecular weight is 267 g/mol. The molecule has 2 N–H and O–H groups in total. The van der Waals surface area contributed by atoms with Gasteiger partial charge in [-0.05, 0) is 49.8 Å². The summed E-state index contributed by atoms with van der Waals surface area (Å²) in [5.74, 6) is 0.417. The van der Waals surface area contributed by atoms with Gasteiger partial charge in [-0.3, -0.25) is 0 Å². The molecule has 0 unspecified atom stereocenters. The van der Waals surface area contributed by atoms with Crippen LogP contribution in [0.2, 0.25) is 0 Å². The fourth-order valence-electron chi connectivity index (χ4n) is 2.32. The van der Waals surface area contributed by atoms with Crippen LogP contribution in [0.5, 0.6) is 0 Å². The second-order valence-electron chi connectivity index (χ2n) is 4.80. The molecule has 0 spiro atoms. The van der Waals surface area contributed by atoms with Gasteiger partial charge >= 0.3 is 6.03 Å². The number of rotatable bonds is 3. The first kappa shape index (κ1) is 13.2. The van der Waals surface area contributed by atoms with Crippen molar-refractivity contribution in [2.45, 2.75) is 38.6 Å². The maximum Gasteiger partial charge on any atom is 0.319 e. The van der Waals surface area contributed by atoms with Crippen LogP contribution in [-0.4, -0.2) is 18.0 Å². The largest absolute Gasteiger partial charge is 0.334 e. The van der Waals surface area contributed by atoms with Gasteiger partial charge in [-0.15, -0.1) is 11.6 Å². The van der Waals surface area contributed by atoms with Gasteiger partial charge in [0, 0.05) is 17.6 Å². The molecule has 1 atom stereocenters. The number of anilines is 1. The molecule has 0 saturated heterocycles. The van der Waals surface area contributed by atoms with E-state index in [2.05, 4.69) is 16.7 Å². The molecule has 18 heavy (non-hydrogen) atoms. The number of urea groups is 1. The predicted molar refractivity (Wildman–Crippen MR) is 75.4 cm³/mol. The molecule has 4 heteroatoms. The number of carbonyl (C=O) groups excluding carboxylic acids is 1. The standard InChI is InChI=1S/C14H19ClN2O/c1-10(9-15)16-14(18)17-13-8-4-6-11-5-2-3-7-12(11)13/h4,6,8,10H,2-3,5,7,9H2,1H3,(H2,16,17,18)/t10-/m1/s1. The number of hydrogen-bond donors (Lipinski definition) is 2. The third-order valence-electron chi connectivity index (χ3n) is 3.25. The summed E-state index contributed by atoms with van der Waals surface area (Å²) >= 11 is 5.67. The van der Waals surface area contributed by atoms with Gasteiger partial charge in [-0.2, -0.15) is 0 Å². The van der Waals surface area contributed by atoms with E-state index in [0.717, 1.165) is 18.5 Å². The van der Waals surface area contributed by atoms with Crippen molar-refractivity contribution in [3.63, 3.8) is 0 Å². The maximum absolute atomic E-state index is 11.8. The fourth-order valence-corrected chi connectivity index (χ4v) is 2.40. The zero-order chi connectivity index (χ0) is 13.0. The quantitative estimate of drug-likeness (QED) is 0.810. The summed E-state index contributed by atoms with van der Waals surface area (Å²) in [7, 11) is 0. The number of amides is 2. The van der Waals surface area contributed by atoms with E-state index in [1.807, 2.05) is 19.1 Å². The van der Waals surface area contributed by atoms with Crippen molar-refractivity contribution in [3.8, 4) is 0 Å². The molecule has 98 valence electrons. The van der Waals surface area contributed by atoms with Crippen molar-refractivity contribution < 1.29 is 4.79 Å². The first-order valence-corrected chi connectivity index (χ1v) is 6.98. The SMILES string of the molecule is C[C@H](CCl)NC(=O)Nc1cccc2c1CCCC2. The molecule has 0 heterocycles. The summed E-state index contributed by atoms with van der Waals surface area (Å²) in [6, 6.07) is 5.92. The van der Waals surface area contributed by atoms with Crippen LogP contribution in [0.25, 0.3) is 0 Å². The van der Waals surface area contributed by atoms with Crippen molar-refractivity contribution in [1.29, 1.82) is 0 Å². The molecule has 1 aromatic carbocycles. The lowest BCUT2D eigenvalue weighted by Gasteiger charge is -2.20. The molecule has 0 aromatic heterocycles. The molecular formula is C14H19ClN2O. The zero-order valence-electron chi connectivity index (χ0n) is 10.6. The molecule has 3 nitrogen and oxygen atoms in total. The minimum Gasteiger partial charge on any atom is -0.334 e. The van der Waals surface area contributed by atoms with Crippen LogP contribution in [0.15, 0.2) is 18.2 Å². The van der Waals surface area contributed by atoms with E-state index in [1.54, 1.807) is 0 Å². The van der Waals surface area contributed by atoms with Gasteiger partial charge in [0.1, 0.15) is 0 Å². The zero-order valence-corrected chi connectivity index (χ0v) is 11.4. The van der Waals surface area contributed by atoms with Gasteiger partial charge < -0.3 is 10.6 Å². The Bertz CT molecular complexity index is 434. The average Bonchev–Trinajstić information content (AvgIpc) is 2.39. The molecule has 1 aliphatic carbocycles. The molecule has 1 aromatic rings. The number of carbonyl (C=O) groups is 1. The van der Waals surface area contributed by atoms with Crippen LogP contribution in [0, 0.1) is 0 Å². The number of aryl methyl sites for hydroxylation is 1. The summed E-state index contributed by atoms with van der Waals surface area (Å²) in [6.07, 6.45) is 4.61. The molecule has 0 bridgehead atoms. The first-order valence-electron chi connectivity index (χ1n) is 6.45. The van der Waals surface area contributed by atoms with E-state index in [4.69, 9.17) is 11.6 Å². The molecule has 0 saturated carbocycles. The summed E-state index contributed by atoms with van der Waals surface area (Å²) in [5.41, 5.74) is 3.59. The van der Waals surface area contributed by atoms with E-state index in [1.165, 1.54) is 24.0 Å². The molecule has 1 aliphatic rings. The third-order valence-corrected chi connectivity index (χ3v) is 3.72. The maximum atomic E-state index is 11.8. The Morgan fingerprint density at radius 2 is 2.17 bits per heavy atom. The first-order chi connectivity index (χ1) is 8.70. The van der Waals surface area contributed by atoms with Crippen LogP contribution >= 0.6 is 11.6 Å². The van der Waals surface area contributed by atoms with Crippen LogP contribution in [0.3, 0.4) is 0 Å². The van der Waals surface area contributed by atoms with E-state index in [-0.39, 0.29) is 12.1 Å². The number of nitrogens with one attached hydrogen (secondary N) is 2. The predicted octanol–water partition coefficient (Wildman–Crippen LogP) is 3.31. The van der Waals surface area contributed by atoms with Crippen LogP contribution in [0.4, 0.5) is 10.5 Å². The van der Waals surface area contributed by atoms with E-state index < -0.39 is 0 Å². The van der Waals surface area contributed by atoms with E-state index in [9.17, 15) is 4.79 Å². The Kier molecular flexibility index (Phi) is 4.48. The number of benzene rings is 1. The van der Waals surface area contributed by atoms with Crippen molar-refractivity contribution in [1.82, 2.24) is 5.32 Å². The van der Waals surface area contributed by atoms with Gasteiger partial charge in [0.25, 0.3) is 0 Å². The van der Waals surface area contributed by atoms with Crippen molar-refractivity contribution in [3.05, 3.63) is 29.3 Å². The molecular weight excluding hydrogens is 248 g/mol. The highest BCUT2D eigenvalue weighted by Crippen LogP contribution is 2.27. The highest BCUT2D eigenvalue weighted by Gasteiger charge is 2.14. The summed E-state index contributed by atoms with van der Waals surface area (Å²) in [6.45, 7) is 1.88.